The third kappa shape index (κ3) is 6.22. The number of carbonyl (C=O) groups is 1. The first-order chi connectivity index (χ1) is 15.4. The first-order valence-electron chi connectivity index (χ1n) is 9.64. The van der Waals surface area contributed by atoms with E-state index in [4.69, 9.17) is 9.47 Å². The van der Waals surface area contributed by atoms with Crippen LogP contribution in [0, 0.1) is 18.3 Å². The number of ether oxygens (including phenoxy) is 2. The van der Waals surface area contributed by atoms with Crippen molar-refractivity contribution < 1.29 is 14.3 Å². The maximum absolute atomic E-state index is 12.6. The minimum atomic E-state index is -0.500. The summed E-state index contributed by atoms with van der Waals surface area (Å²) < 4.78 is 13.0. The van der Waals surface area contributed by atoms with Crippen LogP contribution in [0.4, 0.5) is 5.69 Å². The number of aryl methyl sites for hydroxylation is 1. The van der Waals surface area contributed by atoms with Gasteiger partial charge in [0.05, 0.1) is 7.11 Å². The molecule has 0 aliphatic heterocycles. The van der Waals surface area contributed by atoms with Gasteiger partial charge in [0.25, 0.3) is 5.91 Å². The number of hydrogen-bond donors (Lipinski definition) is 1. The Balaban J connectivity index is 1.80. The Morgan fingerprint density at radius 3 is 2.38 bits per heavy atom. The van der Waals surface area contributed by atoms with Crippen molar-refractivity contribution in [2.75, 3.05) is 12.4 Å². The van der Waals surface area contributed by atoms with Crippen LogP contribution in [0.25, 0.3) is 6.08 Å². The first kappa shape index (κ1) is 23.6. The van der Waals surface area contributed by atoms with Gasteiger partial charge < -0.3 is 14.8 Å². The Morgan fingerprint density at radius 1 is 1.06 bits per heavy atom. The fraction of sp³-hybridized carbons (Fsp3) is 0.120. The number of hydrogen-bond acceptors (Lipinski definition) is 4. The van der Waals surface area contributed by atoms with Gasteiger partial charge in [-0.15, -0.1) is 0 Å². The highest BCUT2D eigenvalue weighted by atomic mass is 79.9. The van der Waals surface area contributed by atoms with E-state index >= 15 is 0 Å². The molecule has 0 bridgehead atoms. The SMILES string of the molecule is COc1cc(C=C(C#N)C(=O)Nc2ccc(Br)cc2)c(Br)cc1OCc1ccc(C)cc1. The zero-order valence-corrected chi connectivity index (χ0v) is 20.7. The fourth-order valence-electron chi connectivity index (χ4n) is 2.81. The van der Waals surface area contributed by atoms with Gasteiger partial charge in [0.1, 0.15) is 18.2 Å². The number of nitriles is 1. The molecule has 5 nitrogen and oxygen atoms in total. The van der Waals surface area contributed by atoms with E-state index in [0.717, 1.165) is 10.0 Å². The molecule has 0 atom stereocenters. The molecular weight excluding hydrogens is 536 g/mol. The molecule has 0 fully saturated rings. The summed E-state index contributed by atoms with van der Waals surface area (Å²) in [5.74, 6) is 0.549. The van der Waals surface area contributed by atoms with Crippen LogP contribution in [-0.2, 0) is 11.4 Å². The molecule has 0 saturated heterocycles. The lowest BCUT2D eigenvalue weighted by molar-refractivity contribution is -0.112. The average molecular weight is 556 g/mol. The molecule has 3 rings (SSSR count). The van der Waals surface area contributed by atoms with Crippen LogP contribution in [0.15, 0.2) is 75.2 Å². The average Bonchev–Trinajstić information content (AvgIpc) is 2.79. The van der Waals surface area contributed by atoms with Gasteiger partial charge in [-0.2, -0.15) is 5.26 Å². The summed E-state index contributed by atoms with van der Waals surface area (Å²) in [6, 6.07) is 20.6. The van der Waals surface area contributed by atoms with Gasteiger partial charge in [-0.05, 0) is 60.5 Å². The van der Waals surface area contributed by atoms with E-state index in [1.165, 1.54) is 11.6 Å². The van der Waals surface area contributed by atoms with Crippen molar-refractivity contribution in [1.82, 2.24) is 0 Å². The lowest BCUT2D eigenvalue weighted by atomic mass is 10.1. The van der Waals surface area contributed by atoms with Gasteiger partial charge in [-0.3, -0.25) is 4.79 Å². The van der Waals surface area contributed by atoms with Crippen molar-refractivity contribution in [3.05, 3.63) is 91.9 Å². The van der Waals surface area contributed by atoms with Crippen molar-refractivity contribution in [3.8, 4) is 17.6 Å². The van der Waals surface area contributed by atoms with Gasteiger partial charge in [-0.25, -0.2) is 0 Å². The third-order valence-electron chi connectivity index (χ3n) is 4.56. The second-order valence-corrected chi connectivity index (χ2v) is 8.70. The van der Waals surface area contributed by atoms with Crippen LogP contribution in [0.2, 0.25) is 0 Å². The highest BCUT2D eigenvalue weighted by Gasteiger charge is 2.14. The van der Waals surface area contributed by atoms with Crippen LogP contribution in [0.5, 0.6) is 11.5 Å². The van der Waals surface area contributed by atoms with Crippen LogP contribution in [-0.4, -0.2) is 13.0 Å². The number of amides is 1. The summed E-state index contributed by atoms with van der Waals surface area (Å²) in [5, 5.41) is 12.2. The molecule has 0 unspecified atom stereocenters. The molecule has 0 heterocycles. The number of nitrogens with zero attached hydrogens (tertiary/aromatic N) is 1. The fourth-order valence-corrected chi connectivity index (χ4v) is 3.52. The van der Waals surface area contributed by atoms with E-state index in [9.17, 15) is 10.1 Å². The Kier molecular flexibility index (Phi) is 8.09. The van der Waals surface area contributed by atoms with Gasteiger partial charge in [0.15, 0.2) is 11.5 Å². The standard InChI is InChI=1S/C25H20Br2N2O3/c1-16-3-5-17(6-4-16)15-32-24-13-22(27)18(12-23(24)31-2)11-19(14-28)25(30)29-21-9-7-20(26)8-10-21/h3-13H,15H2,1-2H3,(H,29,30). The lowest BCUT2D eigenvalue weighted by Gasteiger charge is -2.13. The number of halogens is 2. The topological polar surface area (TPSA) is 71.3 Å². The molecule has 3 aromatic carbocycles. The number of rotatable bonds is 7. The van der Waals surface area contributed by atoms with Crippen LogP contribution in [0.1, 0.15) is 16.7 Å². The minimum absolute atomic E-state index is 0.0380. The van der Waals surface area contributed by atoms with Gasteiger partial charge in [0, 0.05) is 14.6 Å². The zero-order chi connectivity index (χ0) is 23.1. The number of carbonyl (C=O) groups excluding carboxylic acids is 1. The van der Waals surface area contributed by atoms with E-state index in [0.29, 0.717) is 33.8 Å². The molecule has 0 spiro atoms. The monoisotopic (exact) mass is 554 g/mol. The van der Waals surface area contributed by atoms with E-state index in [1.807, 2.05) is 49.4 Å². The van der Waals surface area contributed by atoms with Crippen molar-refractivity contribution in [2.24, 2.45) is 0 Å². The maximum Gasteiger partial charge on any atom is 0.266 e. The molecule has 0 aliphatic rings. The maximum atomic E-state index is 12.6. The number of benzene rings is 3. The molecule has 3 aromatic rings. The van der Waals surface area contributed by atoms with E-state index in [1.54, 1.807) is 31.4 Å². The molecule has 32 heavy (non-hydrogen) atoms. The summed E-state index contributed by atoms with van der Waals surface area (Å²) in [6.07, 6.45) is 1.50. The summed E-state index contributed by atoms with van der Waals surface area (Å²) in [4.78, 5) is 12.6. The number of nitrogens with one attached hydrogen (secondary N) is 1. The molecule has 7 heteroatoms. The predicted molar refractivity (Wildman–Crippen MR) is 133 cm³/mol. The van der Waals surface area contributed by atoms with E-state index in [-0.39, 0.29) is 5.57 Å². The van der Waals surface area contributed by atoms with Crippen molar-refractivity contribution in [2.45, 2.75) is 13.5 Å². The minimum Gasteiger partial charge on any atom is -0.493 e. The molecule has 0 aliphatic carbocycles. The molecule has 1 N–H and O–H groups in total. The third-order valence-corrected chi connectivity index (χ3v) is 5.78. The van der Waals surface area contributed by atoms with E-state index < -0.39 is 5.91 Å². The summed E-state index contributed by atoms with van der Waals surface area (Å²) in [7, 11) is 1.54. The molecular formula is C25H20Br2N2O3. The van der Waals surface area contributed by atoms with Crippen LogP contribution in [0.3, 0.4) is 0 Å². The predicted octanol–water partition coefficient (Wildman–Crippen LogP) is 6.65. The Bertz CT molecular complexity index is 1180. The number of methoxy groups -OCH3 is 1. The molecule has 0 radical (unpaired) electrons. The number of anilines is 1. The van der Waals surface area contributed by atoms with Gasteiger partial charge in [-0.1, -0.05) is 61.7 Å². The Hall–Kier alpha value is -3.08. The van der Waals surface area contributed by atoms with Crippen molar-refractivity contribution >= 4 is 49.5 Å². The first-order valence-corrected chi connectivity index (χ1v) is 11.2. The zero-order valence-electron chi connectivity index (χ0n) is 17.5. The highest BCUT2D eigenvalue weighted by molar-refractivity contribution is 9.10. The highest BCUT2D eigenvalue weighted by Crippen LogP contribution is 2.35. The van der Waals surface area contributed by atoms with Gasteiger partial charge in [0.2, 0.25) is 0 Å². The molecule has 1 amide bonds. The smallest absolute Gasteiger partial charge is 0.266 e. The second-order valence-electron chi connectivity index (χ2n) is 6.93. The van der Waals surface area contributed by atoms with E-state index in [2.05, 4.69) is 37.2 Å². The quantitative estimate of drug-likeness (QED) is 0.261. The molecule has 0 aromatic heterocycles. The summed E-state index contributed by atoms with van der Waals surface area (Å²) >= 11 is 6.85. The Morgan fingerprint density at radius 2 is 1.75 bits per heavy atom. The molecule has 0 saturated carbocycles. The van der Waals surface area contributed by atoms with Crippen LogP contribution >= 0.6 is 31.9 Å². The normalized spacial score (nSPS) is 10.9. The summed E-state index contributed by atoms with van der Waals surface area (Å²) in [5.41, 5.74) is 3.39. The van der Waals surface area contributed by atoms with Crippen LogP contribution < -0.4 is 14.8 Å². The largest absolute Gasteiger partial charge is 0.493 e. The Labute approximate surface area is 203 Å². The van der Waals surface area contributed by atoms with Crippen molar-refractivity contribution in [1.29, 1.82) is 5.26 Å². The molecule has 162 valence electrons. The van der Waals surface area contributed by atoms with Crippen molar-refractivity contribution in [3.63, 3.8) is 0 Å². The second kappa shape index (κ2) is 11.0. The summed E-state index contributed by atoms with van der Waals surface area (Å²) in [6.45, 7) is 2.42. The van der Waals surface area contributed by atoms with Gasteiger partial charge >= 0.3 is 0 Å². The lowest BCUT2D eigenvalue weighted by Crippen LogP contribution is -2.13.